The molecule has 44 heavy (non-hydrogen) atoms. The quantitative estimate of drug-likeness (QED) is 0.0453. The highest BCUT2D eigenvalue weighted by atomic mass is 32.2. The van der Waals surface area contributed by atoms with Crippen LogP contribution in [0.15, 0.2) is 12.2 Å². The van der Waals surface area contributed by atoms with Crippen molar-refractivity contribution < 1.29 is 28.6 Å². The molecule has 0 saturated carbocycles. The molecule has 0 N–H and O–H groups in total. The van der Waals surface area contributed by atoms with Crippen molar-refractivity contribution in [3.8, 4) is 0 Å². The molecule has 0 bridgehead atoms. The average Bonchev–Trinajstić information content (AvgIpc) is 2.99. The van der Waals surface area contributed by atoms with E-state index in [1.165, 1.54) is 63.1 Å². The third kappa shape index (κ3) is 27.8. The largest absolute Gasteiger partial charge is 0.508 e. The Labute approximate surface area is 274 Å². The summed E-state index contributed by atoms with van der Waals surface area (Å²) in [5.41, 5.74) is 0. The van der Waals surface area contributed by atoms with Gasteiger partial charge in [0.25, 0.3) is 5.24 Å². The minimum atomic E-state index is -0.656. The van der Waals surface area contributed by atoms with Crippen LogP contribution < -0.4 is 0 Å². The van der Waals surface area contributed by atoms with Crippen molar-refractivity contribution in [3.05, 3.63) is 12.2 Å². The number of hydrogen-bond donors (Lipinski definition) is 0. The number of nitrogens with zero attached hydrogens (tertiary/aromatic N) is 2. The van der Waals surface area contributed by atoms with Gasteiger partial charge in [0, 0.05) is 25.3 Å². The van der Waals surface area contributed by atoms with Crippen LogP contribution >= 0.6 is 11.8 Å². The molecule has 0 rings (SSSR count). The molecule has 9 heteroatoms. The molecule has 258 valence electrons. The van der Waals surface area contributed by atoms with E-state index in [0.717, 1.165) is 57.9 Å². The Kier molecular flexibility index (Phi) is 30.0. The van der Waals surface area contributed by atoms with Gasteiger partial charge in [-0.15, -0.1) is 0 Å². The first-order valence-electron chi connectivity index (χ1n) is 17.5. The summed E-state index contributed by atoms with van der Waals surface area (Å²) in [5, 5.41) is -0.0794. The van der Waals surface area contributed by atoms with E-state index in [1.54, 1.807) is 4.90 Å². The summed E-state index contributed by atoms with van der Waals surface area (Å²) in [4.78, 5) is 41.4. The summed E-state index contributed by atoms with van der Waals surface area (Å²) in [6.07, 6.45) is 21.9. The Morgan fingerprint density at radius 2 is 1.32 bits per heavy atom. The second kappa shape index (κ2) is 31.3. The minimum Gasteiger partial charge on any atom is -0.461 e. The first-order valence-corrected chi connectivity index (χ1v) is 18.5. The molecule has 8 nitrogen and oxygen atoms in total. The average molecular weight is 643 g/mol. The predicted octanol–water partition coefficient (Wildman–Crippen LogP) is 9.41. The van der Waals surface area contributed by atoms with E-state index >= 15 is 0 Å². The van der Waals surface area contributed by atoms with Crippen molar-refractivity contribution in [3.63, 3.8) is 0 Å². The molecule has 0 aromatic heterocycles. The third-order valence-corrected chi connectivity index (χ3v) is 8.31. The second-order valence-corrected chi connectivity index (χ2v) is 12.9. The summed E-state index contributed by atoms with van der Waals surface area (Å²) < 4.78 is 16.5. The van der Waals surface area contributed by atoms with E-state index in [9.17, 15) is 14.4 Å². The number of carbonyl (C=O) groups is 3. The number of unbranched alkanes of at least 4 members (excludes halogenated alkanes) is 11. The zero-order valence-electron chi connectivity index (χ0n) is 29.0. The molecule has 0 unspecified atom stereocenters. The van der Waals surface area contributed by atoms with E-state index < -0.39 is 6.16 Å². The van der Waals surface area contributed by atoms with Gasteiger partial charge in [-0.2, -0.15) is 0 Å². The molecule has 1 amide bonds. The second-order valence-electron chi connectivity index (χ2n) is 11.9. The molecule has 0 radical (unpaired) electrons. The number of allylic oxidation sites excluding steroid dienone is 1. The van der Waals surface area contributed by atoms with Gasteiger partial charge in [-0.05, 0) is 59.0 Å². The lowest BCUT2D eigenvalue weighted by molar-refractivity contribution is -0.142. The fourth-order valence-electron chi connectivity index (χ4n) is 4.65. The third-order valence-electron chi connectivity index (χ3n) is 7.42. The van der Waals surface area contributed by atoms with Gasteiger partial charge >= 0.3 is 12.1 Å². The minimum absolute atomic E-state index is 0.0613. The summed E-state index contributed by atoms with van der Waals surface area (Å²) in [6.45, 7) is 8.37. The van der Waals surface area contributed by atoms with Gasteiger partial charge in [-0.3, -0.25) is 9.59 Å². The first kappa shape index (κ1) is 42.3. The van der Waals surface area contributed by atoms with Gasteiger partial charge < -0.3 is 24.0 Å². The van der Waals surface area contributed by atoms with Gasteiger partial charge in [0.05, 0.1) is 6.54 Å². The molecule has 0 heterocycles. The van der Waals surface area contributed by atoms with Crippen molar-refractivity contribution in [2.45, 2.75) is 142 Å². The van der Waals surface area contributed by atoms with E-state index in [0.29, 0.717) is 18.7 Å². The molecule has 0 spiro atoms. The number of hydrogen-bond acceptors (Lipinski definition) is 8. The van der Waals surface area contributed by atoms with Crippen LogP contribution in [-0.4, -0.2) is 86.0 Å². The van der Waals surface area contributed by atoms with Crippen molar-refractivity contribution >= 4 is 29.1 Å². The monoisotopic (exact) mass is 642 g/mol. The van der Waals surface area contributed by atoms with Crippen LogP contribution in [0.2, 0.25) is 0 Å². The molecule has 0 aliphatic heterocycles. The Morgan fingerprint density at radius 1 is 0.705 bits per heavy atom. The number of thioether (sulfide) groups is 1. The Hall–Kier alpha value is -1.74. The van der Waals surface area contributed by atoms with Crippen LogP contribution in [0.5, 0.6) is 0 Å². The van der Waals surface area contributed by atoms with Crippen LogP contribution in [0.3, 0.4) is 0 Å². The van der Waals surface area contributed by atoms with Crippen molar-refractivity contribution in [2.75, 3.05) is 52.7 Å². The van der Waals surface area contributed by atoms with Gasteiger partial charge in [-0.25, -0.2) is 4.79 Å². The number of rotatable bonds is 29. The first-order chi connectivity index (χ1) is 21.3. The van der Waals surface area contributed by atoms with Crippen molar-refractivity contribution in [2.24, 2.45) is 0 Å². The summed E-state index contributed by atoms with van der Waals surface area (Å²) in [5.74, 6) is 0.391. The molecule has 0 aromatic carbocycles. The molecular weight excluding hydrogens is 576 g/mol. The predicted molar refractivity (Wildman–Crippen MR) is 184 cm³/mol. The lowest BCUT2D eigenvalue weighted by Crippen LogP contribution is -2.34. The summed E-state index contributed by atoms with van der Waals surface area (Å²) in [7, 11) is 3.94. The van der Waals surface area contributed by atoms with E-state index in [4.69, 9.17) is 14.2 Å². The van der Waals surface area contributed by atoms with Gasteiger partial charge in [-0.1, -0.05) is 109 Å². The topological polar surface area (TPSA) is 85.4 Å². The van der Waals surface area contributed by atoms with Gasteiger partial charge in [0.15, 0.2) is 0 Å². The highest BCUT2D eigenvalue weighted by Crippen LogP contribution is 2.17. The van der Waals surface area contributed by atoms with Crippen LogP contribution in [0.25, 0.3) is 0 Å². The molecule has 0 aromatic rings. The van der Waals surface area contributed by atoms with Gasteiger partial charge in [0.1, 0.15) is 19.3 Å². The van der Waals surface area contributed by atoms with E-state index in [2.05, 4.69) is 26.8 Å². The number of esters is 1. The maximum Gasteiger partial charge on any atom is 0.508 e. The van der Waals surface area contributed by atoms with Crippen LogP contribution in [-0.2, 0) is 19.0 Å². The Balaban J connectivity index is 4.74. The summed E-state index contributed by atoms with van der Waals surface area (Å²) in [6, 6.07) is 0. The summed E-state index contributed by atoms with van der Waals surface area (Å²) >= 11 is 1.24. The smallest absolute Gasteiger partial charge is 0.461 e. The molecule has 0 aliphatic rings. The van der Waals surface area contributed by atoms with E-state index in [1.807, 2.05) is 25.1 Å². The number of ether oxygens (including phenoxy) is 3. The molecule has 0 aliphatic carbocycles. The molecule has 0 fully saturated rings. The SMILES string of the molecule is CCCCC/C=C\COC(=O)CCCN(CCOC(=O)OC(CCCCCCC)CCCCCCC)C(=O)SCCN(C)C. The lowest BCUT2D eigenvalue weighted by Gasteiger charge is -2.23. The van der Waals surface area contributed by atoms with Crippen LogP contribution in [0, 0.1) is 0 Å². The highest BCUT2D eigenvalue weighted by molar-refractivity contribution is 8.13. The zero-order chi connectivity index (χ0) is 32.7. The van der Waals surface area contributed by atoms with Crippen LogP contribution in [0.1, 0.15) is 136 Å². The fraction of sp³-hybridized carbons (Fsp3) is 0.857. The number of carbonyl (C=O) groups excluding carboxylic acids is 3. The van der Waals surface area contributed by atoms with E-state index in [-0.39, 0.29) is 43.5 Å². The molecule has 0 atom stereocenters. The van der Waals surface area contributed by atoms with Crippen LogP contribution in [0.4, 0.5) is 9.59 Å². The zero-order valence-corrected chi connectivity index (χ0v) is 29.8. The standard InChI is InChI=1S/C35H66N2O6S/c1-6-9-12-15-18-21-29-41-33(38)25-22-26-37(34(39)44-31-28-36(4)5)27-30-42-35(40)43-32(23-19-16-13-10-7-2)24-20-17-14-11-8-3/h18,21,32H,6-17,19-20,22-31H2,1-5H3/b21-18-. The molecular formula is C35H66N2O6S. The Morgan fingerprint density at radius 3 is 1.93 bits per heavy atom. The highest BCUT2D eigenvalue weighted by Gasteiger charge is 2.18. The van der Waals surface area contributed by atoms with Crippen molar-refractivity contribution in [1.29, 1.82) is 0 Å². The molecule has 0 saturated heterocycles. The fourth-order valence-corrected chi connectivity index (χ4v) is 5.65. The maximum atomic E-state index is 12.9. The Bertz CT molecular complexity index is 720. The van der Waals surface area contributed by atoms with Crippen molar-refractivity contribution in [1.82, 2.24) is 9.80 Å². The lowest BCUT2D eigenvalue weighted by atomic mass is 10.0. The normalized spacial score (nSPS) is 11.4. The number of amides is 1. The maximum absolute atomic E-state index is 12.9. The van der Waals surface area contributed by atoms with Gasteiger partial charge in [0.2, 0.25) is 0 Å².